The normalized spacial score (nSPS) is 17.7. The van der Waals surface area contributed by atoms with Gasteiger partial charge in [0.15, 0.2) is 5.03 Å². The van der Waals surface area contributed by atoms with Crippen molar-refractivity contribution in [3.05, 3.63) is 34.2 Å². The maximum absolute atomic E-state index is 12.6. The molecule has 1 aliphatic rings. The molecule has 1 aliphatic heterocycles. The van der Waals surface area contributed by atoms with Gasteiger partial charge in [0.25, 0.3) is 10.0 Å². The molecular formula is C15H22N4O2S2. The van der Waals surface area contributed by atoms with Crippen LogP contribution in [-0.2, 0) is 30.0 Å². The molecule has 0 N–H and O–H groups in total. The van der Waals surface area contributed by atoms with Gasteiger partial charge < -0.3 is 0 Å². The first-order chi connectivity index (χ1) is 11.0. The zero-order chi connectivity index (χ0) is 16.4. The van der Waals surface area contributed by atoms with E-state index in [1.54, 1.807) is 17.4 Å². The lowest BCUT2D eigenvalue weighted by molar-refractivity contribution is 0.182. The summed E-state index contributed by atoms with van der Waals surface area (Å²) in [4.78, 5) is 5.07. The molecule has 0 aliphatic carbocycles. The monoisotopic (exact) mass is 354 g/mol. The zero-order valence-electron chi connectivity index (χ0n) is 13.5. The highest BCUT2D eigenvalue weighted by Crippen LogP contribution is 2.21. The number of sulfonamides is 1. The fourth-order valence-corrected chi connectivity index (χ4v) is 5.32. The second kappa shape index (κ2) is 6.72. The molecule has 2 aromatic rings. The summed E-state index contributed by atoms with van der Waals surface area (Å²) in [5.41, 5.74) is 0. The van der Waals surface area contributed by atoms with Gasteiger partial charge >= 0.3 is 0 Å². The van der Waals surface area contributed by atoms with E-state index in [1.165, 1.54) is 20.6 Å². The van der Waals surface area contributed by atoms with E-state index < -0.39 is 10.0 Å². The van der Waals surface area contributed by atoms with Gasteiger partial charge in [0.1, 0.15) is 0 Å². The minimum atomic E-state index is -3.44. The summed E-state index contributed by atoms with van der Waals surface area (Å²) in [6.07, 6.45) is 2.59. The number of hydrogen-bond acceptors (Lipinski definition) is 5. The highest BCUT2D eigenvalue weighted by Gasteiger charge is 2.30. The summed E-state index contributed by atoms with van der Waals surface area (Å²) >= 11 is 1.85. The van der Waals surface area contributed by atoms with Crippen molar-refractivity contribution >= 4 is 21.4 Å². The van der Waals surface area contributed by atoms with Crippen molar-refractivity contribution in [2.75, 3.05) is 26.2 Å². The molecule has 0 aromatic carbocycles. The highest BCUT2D eigenvalue weighted by molar-refractivity contribution is 7.89. The van der Waals surface area contributed by atoms with Gasteiger partial charge in [-0.05, 0) is 24.6 Å². The number of nitrogens with zero attached hydrogens (tertiary/aromatic N) is 4. The van der Waals surface area contributed by atoms with E-state index in [0.717, 1.165) is 26.1 Å². The minimum absolute atomic E-state index is 0.261. The first-order valence-electron chi connectivity index (χ1n) is 7.79. The Morgan fingerprint density at radius 3 is 2.39 bits per heavy atom. The number of piperazine rings is 1. The van der Waals surface area contributed by atoms with E-state index in [9.17, 15) is 8.42 Å². The van der Waals surface area contributed by atoms with E-state index in [2.05, 4.69) is 29.1 Å². The zero-order valence-corrected chi connectivity index (χ0v) is 15.1. The third-order valence-corrected chi connectivity index (χ3v) is 7.34. The molecule has 3 heterocycles. The smallest absolute Gasteiger partial charge is 0.260 e. The predicted octanol–water partition coefficient (Wildman–Crippen LogP) is 1.55. The van der Waals surface area contributed by atoms with Gasteiger partial charge in [0, 0.05) is 49.5 Å². The molecule has 1 fully saturated rings. The van der Waals surface area contributed by atoms with Crippen molar-refractivity contribution in [3.8, 4) is 0 Å². The lowest BCUT2D eigenvalue weighted by Gasteiger charge is -2.33. The summed E-state index contributed by atoms with van der Waals surface area (Å²) in [5.74, 6) is 0. The van der Waals surface area contributed by atoms with Gasteiger partial charge in [-0.1, -0.05) is 6.92 Å². The van der Waals surface area contributed by atoms with Gasteiger partial charge in [-0.2, -0.15) is 9.40 Å². The summed E-state index contributed by atoms with van der Waals surface area (Å²) in [6.45, 7) is 5.65. The second-order valence-corrected chi connectivity index (χ2v) is 8.83. The molecule has 0 unspecified atom stereocenters. The highest BCUT2D eigenvalue weighted by atomic mass is 32.2. The van der Waals surface area contributed by atoms with Gasteiger partial charge in [0.05, 0.1) is 6.20 Å². The third-order valence-electron chi connectivity index (χ3n) is 4.16. The maximum Gasteiger partial charge on any atom is 0.260 e. The molecule has 0 spiro atoms. The Labute approximate surface area is 141 Å². The lowest BCUT2D eigenvalue weighted by atomic mass is 10.3. The van der Waals surface area contributed by atoms with Crippen LogP contribution >= 0.6 is 11.3 Å². The summed E-state index contributed by atoms with van der Waals surface area (Å²) < 4.78 is 28.2. The van der Waals surface area contributed by atoms with Crippen molar-refractivity contribution in [3.63, 3.8) is 0 Å². The van der Waals surface area contributed by atoms with E-state index in [1.807, 2.05) is 11.3 Å². The molecule has 0 radical (unpaired) electrons. The van der Waals surface area contributed by atoms with Crippen LogP contribution in [0.25, 0.3) is 0 Å². The largest absolute Gasteiger partial charge is 0.296 e. The van der Waals surface area contributed by atoms with Gasteiger partial charge in [0.2, 0.25) is 0 Å². The van der Waals surface area contributed by atoms with Crippen molar-refractivity contribution in [2.45, 2.75) is 24.9 Å². The number of aromatic nitrogens is 2. The first kappa shape index (κ1) is 16.6. The Morgan fingerprint density at radius 2 is 1.83 bits per heavy atom. The van der Waals surface area contributed by atoms with E-state index in [-0.39, 0.29) is 5.03 Å². The number of thiophene rings is 1. The first-order valence-corrected chi connectivity index (χ1v) is 10.0. The Hall–Kier alpha value is -1.22. The molecule has 3 rings (SSSR count). The maximum atomic E-state index is 12.6. The molecule has 2 aromatic heterocycles. The molecule has 6 nitrogen and oxygen atoms in total. The number of rotatable bonds is 5. The Balaban J connectivity index is 1.61. The number of aryl methyl sites for hydroxylation is 2. The van der Waals surface area contributed by atoms with Crippen LogP contribution in [0.4, 0.5) is 0 Å². The van der Waals surface area contributed by atoms with E-state index >= 15 is 0 Å². The van der Waals surface area contributed by atoms with Crippen molar-refractivity contribution in [1.29, 1.82) is 0 Å². The topological polar surface area (TPSA) is 58.4 Å². The van der Waals surface area contributed by atoms with Crippen LogP contribution in [-0.4, -0.2) is 53.6 Å². The van der Waals surface area contributed by atoms with Crippen LogP contribution in [0.15, 0.2) is 29.4 Å². The summed E-state index contributed by atoms with van der Waals surface area (Å²) in [7, 11) is -1.78. The van der Waals surface area contributed by atoms with Crippen LogP contribution in [0.1, 0.15) is 16.7 Å². The SMILES string of the molecule is CCc1ccc(CN2CCN(S(=O)(=O)c3ccnn3C)CC2)s1. The Kier molecular flexibility index (Phi) is 4.86. The van der Waals surface area contributed by atoms with Gasteiger partial charge in [-0.25, -0.2) is 8.42 Å². The Morgan fingerprint density at radius 1 is 1.13 bits per heavy atom. The molecule has 0 amide bonds. The molecule has 0 atom stereocenters. The fraction of sp³-hybridized carbons (Fsp3) is 0.533. The summed E-state index contributed by atoms with van der Waals surface area (Å²) in [6, 6.07) is 5.92. The Bertz CT molecular complexity index is 758. The minimum Gasteiger partial charge on any atom is -0.296 e. The molecule has 0 bridgehead atoms. The van der Waals surface area contributed by atoms with Crippen LogP contribution in [0, 0.1) is 0 Å². The second-order valence-electron chi connectivity index (χ2n) is 5.69. The summed E-state index contributed by atoms with van der Waals surface area (Å²) in [5, 5.41) is 4.22. The average molecular weight is 355 g/mol. The van der Waals surface area contributed by atoms with Crippen LogP contribution in [0.5, 0.6) is 0 Å². The molecule has 126 valence electrons. The van der Waals surface area contributed by atoms with Crippen molar-refractivity contribution < 1.29 is 8.42 Å². The molecule has 1 saturated heterocycles. The standard InChI is InChI=1S/C15H22N4O2S2/c1-3-13-4-5-14(22-13)12-18-8-10-19(11-9-18)23(20,21)15-6-7-16-17(15)2/h4-7H,3,8-12H2,1-2H3. The van der Waals surface area contributed by atoms with Crippen molar-refractivity contribution in [2.24, 2.45) is 7.05 Å². The van der Waals surface area contributed by atoms with Crippen molar-refractivity contribution in [1.82, 2.24) is 19.0 Å². The molecule has 23 heavy (non-hydrogen) atoms. The van der Waals surface area contributed by atoms with Gasteiger partial charge in [-0.15, -0.1) is 11.3 Å². The third kappa shape index (κ3) is 3.50. The number of hydrogen-bond donors (Lipinski definition) is 0. The van der Waals surface area contributed by atoms with Crippen LogP contribution in [0.2, 0.25) is 0 Å². The van der Waals surface area contributed by atoms with Crippen LogP contribution < -0.4 is 0 Å². The lowest BCUT2D eigenvalue weighted by Crippen LogP contribution is -2.48. The van der Waals surface area contributed by atoms with Crippen LogP contribution in [0.3, 0.4) is 0 Å². The average Bonchev–Trinajstić information content (AvgIpc) is 3.17. The molecule has 0 saturated carbocycles. The molecule has 8 heteroatoms. The fourth-order valence-electron chi connectivity index (χ4n) is 2.79. The predicted molar refractivity (Wildman–Crippen MR) is 90.9 cm³/mol. The van der Waals surface area contributed by atoms with Gasteiger partial charge in [-0.3, -0.25) is 9.58 Å². The van der Waals surface area contributed by atoms with E-state index in [4.69, 9.17) is 0 Å². The van der Waals surface area contributed by atoms with E-state index in [0.29, 0.717) is 13.1 Å². The molecular weight excluding hydrogens is 332 g/mol. The quantitative estimate of drug-likeness (QED) is 0.817.